The quantitative estimate of drug-likeness (QED) is 0.443. The molecule has 182 valence electrons. The number of aliphatic hydroxyl groups is 1. The summed E-state index contributed by atoms with van der Waals surface area (Å²) in [5.74, 6) is -1.45. The van der Waals surface area contributed by atoms with Gasteiger partial charge in [-0.25, -0.2) is 0 Å². The van der Waals surface area contributed by atoms with Gasteiger partial charge in [0.2, 0.25) is 5.78 Å². The predicted molar refractivity (Wildman–Crippen MR) is 128 cm³/mol. The molecule has 0 saturated heterocycles. The number of furan rings is 1. The van der Waals surface area contributed by atoms with Crippen LogP contribution >= 0.6 is 11.6 Å². The van der Waals surface area contributed by atoms with Crippen LogP contribution in [0.3, 0.4) is 0 Å². The Balaban J connectivity index is 1.63. The van der Waals surface area contributed by atoms with E-state index in [-0.39, 0.29) is 28.9 Å². The number of benzene rings is 2. The second kappa shape index (κ2) is 8.85. The minimum absolute atomic E-state index is 0.0640. The van der Waals surface area contributed by atoms with Crippen LogP contribution in [0.15, 0.2) is 52.1 Å². The maximum absolute atomic E-state index is 13.8. The van der Waals surface area contributed by atoms with E-state index in [4.69, 9.17) is 25.5 Å². The maximum Gasteiger partial charge on any atom is 0.290 e. The first-order chi connectivity index (χ1) is 16.8. The van der Waals surface area contributed by atoms with Crippen LogP contribution in [0.4, 0.5) is 0 Å². The average molecular weight is 498 g/mol. The molecule has 5 rings (SSSR count). The number of aliphatic hydroxyl groups excluding tert-OH is 1. The van der Waals surface area contributed by atoms with Gasteiger partial charge < -0.3 is 29.0 Å². The van der Waals surface area contributed by atoms with Crippen LogP contribution in [0, 0.1) is 0 Å². The largest absolute Gasteiger partial charge is 0.504 e. The number of fused-ring (bicyclic) bond motifs is 1. The van der Waals surface area contributed by atoms with Gasteiger partial charge in [0.1, 0.15) is 0 Å². The number of carbonyl (C=O) groups is 2. The number of phenols is 1. The molecule has 3 aromatic rings. The van der Waals surface area contributed by atoms with Gasteiger partial charge in [-0.3, -0.25) is 9.59 Å². The summed E-state index contributed by atoms with van der Waals surface area (Å²) >= 11 is 6.15. The number of phenolic OH excluding ortho intramolecular Hbond substituents is 1. The number of amides is 1. The zero-order chi connectivity index (χ0) is 24.9. The number of ether oxygens (including phenoxy) is 2. The molecular formula is C26H24ClNO7. The maximum atomic E-state index is 13.8. The standard InChI is InChI=1S/C26H24ClNO7/c1-33-18-8-7-13(10-17(18)29)22-21(24(31)26(32)28(22)16-5-3-4-6-16)23(30)19-11-14-9-15(27)12-20(34-2)25(14)35-19/h7-12,16,22,29,31H,3-6H2,1-2H3. The van der Waals surface area contributed by atoms with Crippen molar-refractivity contribution >= 4 is 34.3 Å². The van der Waals surface area contributed by atoms with Crippen LogP contribution in [-0.2, 0) is 4.79 Å². The van der Waals surface area contributed by atoms with E-state index in [0.717, 1.165) is 25.7 Å². The lowest BCUT2D eigenvalue weighted by atomic mass is 9.93. The van der Waals surface area contributed by atoms with Crippen LogP contribution in [0.5, 0.6) is 17.2 Å². The predicted octanol–water partition coefficient (Wildman–Crippen LogP) is 5.33. The first kappa shape index (κ1) is 23.1. The van der Waals surface area contributed by atoms with E-state index >= 15 is 0 Å². The Bertz CT molecular complexity index is 1370. The fourth-order valence-corrected chi connectivity index (χ4v) is 5.32. The molecule has 1 amide bonds. The SMILES string of the molecule is COc1ccc(C2C(C(=O)c3cc4cc(Cl)cc(OC)c4o3)=C(O)C(=O)N2C2CCCC2)cc1O. The Hall–Kier alpha value is -3.65. The zero-order valence-electron chi connectivity index (χ0n) is 19.2. The van der Waals surface area contributed by atoms with Crippen molar-refractivity contribution in [2.24, 2.45) is 0 Å². The minimum Gasteiger partial charge on any atom is -0.504 e. The van der Waals surface area contributed by atoms with Gasteiger partial charge in [0.25, 0.3) is 5.91 Å². The molecule has 1 aromatic heterocycles. The molecule has 35 heavy (non-hydrogen) atoms. The van der Waals surface area contributed by atoms with Gasteiger partial charge in [-0.05, 0) is 42.7 Å². The summed E-state index contributed by atoms with van der Waals surface area (Å²) in [7, 11) is 2.90. The number of nitrogens with zero attached hydrogens (tertiary/aromatic N) is 1. The molecule has 9 heteroatoms. The molecule has 2 heterocycles. The highest BCUT2D eigenvalue weighted by Crippen LogP contribution is 2.45. The average Bonchev–Trinajstić information content (AvgIpc) is 3.57. The molecule has 2 aliphatic rings. The van der Waals surface area contributed by atoms with Gasteiger partial charge in [0.15, 0.2) is 34.4 Å². The van der Waals surface area contributed by atoms with E-state index in [1.807, 2.05) is 0 Å². The number of aromatic hydroxyl groups is 1. The summed E-state index contributed by atoms with van der Waals surface area (Å²) in [6.07, 6.45) is 3.42. The highest BCUT2D eigenvalue weighted by molar-refractivity contribution is 6.31. The topological polar surface area (TPSA) is 109 Å². The third-order valence-corrected chi connectivity index (χ3v) is 6.93. The Morgan fingerprint density at radius 2 is 1.77 bits per heavy atom. The second-order valence-corrected chi connectivity index (χ2v) is 9.15. The van der Waals surface area contributed by atoms with Gasteiger partial charge in [-0.15, -0.1) is 0 Å². The van der Waals surface area contributed by atoms with E-state index < -0.39 is 23.5 Å². The van der Waals surface area contributed by atoms with Gasteiger partial charge in [0, 0.05) is 22.5 Å². The molecule has 2 N–H and O–H groups in total. The second-order valence-electron chi connectivity index (χ2n) is 8.71. The van der Waals surface area contributed by atoms with Crippen molar-refractivity contribution in [1.29, 1.82) is 0 Å². The number of methoxy groups -OCH3 is 2. The molecule has 2 aromatic carbocycles. The van der Waals surface area contributed by atoms with Crippen molar-refractivity contribution in [3.63, 3.8) is 0 Å². The molecule has 1 saturated carbocycles. The smallest absolute Gasteiger partial charge is 0.290 e. The number of hydrogen-bond donors (Lipinski definition) is 2. The lowest BCUT2D eigenvalue weighted by molar-refractivity contribution is -0.131. The molecule has 8 nitrogen and oxygen atoms in total. The lowest BCUT2D eigenvalue weighted by Crippen LogP contribution is -2.38. The van der Waals surface area contributed by atoms with E-state index in [2.05, 4.69) is 0 Å². The molecule has 1 unspecified atom stereocenters. The van der Waals surface area contributed by atoms with Crippen molar-refractivity contribution in [1.82, 2.24) is 4.90 Å². The lowest BCUT2D eigenvalue weighted by Gasteiger charge is -2.32. The van der Waals surface area contributed by atoms with Crippen LogP contribution in [0.1, 0.15) is 47.8 Å². The molecule has 0 spiro atoms. The molecule has 1 aliphatic carbocycles. The summed E-state index contributed by atoms with van der Waals surface area (Å²) in [4.78, 5) is 28.6. The van der Waals surface area contributed by atoms with Crippen molar-refractivity contribution in [2.75, 3.05) is 14.2 Å². The summed E-state index contributed by atoms with van der Waals surface area (Å²) in [6.45, 7) is 0. The molecule has 1 aliphatic heterocycles. The van der Waals surface area contributed by atoms with Crippen LogP contribution in [0.2, 0.25) is 5.02 Å². The number of hydrogen-bond acceptors (Lipinski definition) is 7. The highest BCUT2D eigenvalue weighted by atomic mass is 35.5. The van der Waals surface area contributed by atoms with Crippen molar-refractivity contribution in [2.45, 2.75) is 37.8 Å². The summed E-state index contributed by atoms with van der Waals surface area (Å²) in [5.41, 5.74) is 0.708. The Morgan fingerprint density at radius 1 is 1.06 bits per heavy atom. The van der Waals surface area contributed by atoms with E-state index in [1.165, 1.54) is 26.4 Å². The fraction of sp³-hybridized carbons (Fsp3) is 0.308. The van der Waals surface area contributed by atoms with Crippen molar-refractivity contribution in [3.8, 4) is 17.2 Å². The van der Waals surface area contributed by atoms with Gasteiger partial charge >= 0.3 is 0 Å². The van der Waals surface area contributed by atoms with Gasteiger partial charge in [0.05, 0.1) is 25.8 Å². The number of halogens is 1. The Labute approximate surface area is 206 Å². The monoisotopic (exact) mass is 497 g/mol. The summed E-state index contributed by atoms with van der Waals surface area (Å²) < 4.78 is 16.3. The first-order valence-electron chi connectivity index (χ1n) is 11.3. The zero-order valence-corrected chi connectivity index (χ0v) is 20.0. The van der Waals surface area contributed by atoms with E-state index in [1.54, 1.807) is 29.2 Å². The summed E-state index contributed by atoms with van der Waals surface area (Å²) in [6, 6.07) is 8.37. The third kappa shape index (κ3) is 3.78. The van der Waals surface area contributed by atoms with E-state index in [0.29, 0.717) is 27.3 Å². The molecule has 0 bridgehead atoms. The van der Waals surface area contributed by atoms with Crippen LogP contribution < -0.4 is 9.47 Å². The number of Topliss-reactive ketones (excluding diaryl/α,β-unsaturated/α-hetero) is 1. The number of ketones is 1. The molecular weight excluding hydrogens is 474 g/mol. The van der Waals surface area contributed by atoms with Gasteiger partial charge in [-0.2, -0.15) is 0 Å². The number of carbonyl (C=O) groups excluding carboxylic acids is 2. The minimum atomic E-state index is -0.895. The summed E-state index contributed by atoms with van der Waals surface area (Å²) in [5, 5.41) is 22.3. The van der Waals surface area contributed by atoms with Crippen molar-refractivity contribution < 1.29 is 33.7 Å². The molecule has 0 radical (unpaired) electrons. The van der Waals surface area contributed by atoms with Crippen LogP contribution in [0.25, 0.3) is 11.0 Å². The highest BCUT2D eigenvalue weighted by Gasteiger charge is 2.47. The fourth-order valence-electron chi connectivity index (χ4n) is 5.10. The van der Waals surface area contributed by atoms with E-state index in [9.17, 15) is 19.8 Å². The molecule has 1 atom stereocenters. The molecule has 1 fully saturated rings. The first-order valence-corrected chi connectivity index (χ1v) is 11.7. The van der Waals surface area contributed by atoms with Crippen LogP contribution in [-0.4, -0.2) is 47.1 Å². The number of rotatable bonds is 6. The van der Waals surface area contributed by atoms with Crippen molar-refractivity contribution in [3.05, 3.63) is 64.1 Å². The Morgan fingerprint density at radius 3 is 2.43 bits per heavy atom. The van der Waals surface area contributed by atoms with Gasteiger partial charge in [-0.1, -0.05) is 30.5 Å². The normalized spacial score (nSPS) is 18.7. The Kier molecular flexibility index (Phi) is 5.84. The third-order valence-electron chi connectivity index (χ3n) is 6.72.